The summed E-state index contributed by atoms with van der Waals surface area (Å²) in [5.74, 6) is -0.734. The Kier molecular flexibility index (Phi) is 5.61. The molecule has 0 unspecified atom stereocenters. The van der Waals surface area contributed by atoms with Gasteiger partial charge in [-0.1, -0.05) is 6.07 Å². The van der Waals surface area contributed by atoms with Crippen LogP contribution in [0.2, 0.25) is 0 Å². The molecule has 1 aromatic carbocycles. The first-order chi connectivity index (χ1) is 14.7. The summed E-state index contributed by atoms with van der Waals surface area (Å²) in [5, 5.41) is 23.5. The minimum atomic E-state index is -4.56. The SMILES string of the molecule is Nc1ncnn2c(C3CCC(O)CC3)cc(-c3cc(F)c(CO)c(CC(F)(F)F)c3)c12. The van der Waals surface area contributed by atoms with E-state index in [1.807, 2.05) is 0 Å². The zero-order valence-corrected chi connectivity index (χ0v) is 16.5. The van der Waals surface area contributed by atoms with E-state index in [2.05, 4.69) is 10.1 Å². The highest BCUT2D eigenvalue weighted by atomic mass is 19.4. The van der Waals surface area contributed by atoms with Crippen LogP contribution in [0.15, 0.2) is 24.5 Å². The third kappa shape index (κ3) is 4.22. The van der Waals surface area contributed by atoms with E-state index in [4.69, 9.17) is 5.73 Å². The van der Waals surface area contributed by atoms with Crippen LogP contribution >= 0.6 is 0 Å². The monoisotopic (exact) mass is 438 g/mol. The van der Waals surface area contributed by atoms with Gasteiger partial charge in [-0.15, -0.1) is 0 Å². The Morgan fingerprint density at radius 2 is 1.84 bits per heavy atom. The maximum Gasteiger partial charge on any atom is 0.393 e. The maximum atomic E-state index is 14.7. The molecule has 0 aliphatic heterocycles. The molecule has 0 atom stereocenters. The fourth-order valence-electron chi connectivity index (χ4n) is 4.37. The average molecular weight is 438 g/mol. The normalized spacial score (nSPS) is 19.8. The Hall–Kier alpha value is -2.72. The summed E-state index contributed by atoms with van der Waals surface area (Å²) in [6, 6.07) is 4.09. The summed E-state index contributed by atoms with van der Waals surface area (Å²) in [7, 11) is 0. The third-order valence-corrected chi connectivity index (χ3v) is 5.87. The van der Waals surface area contributed by atoms with Crippen molar-refractivity contribution in [1.82, 2.24) is 14.6 Å². The molecular formula is C21H22F4N4O2. The largest absolute Gasteiger partial charge is 0.393 e. The van der Waals surface area contributed by atoms with E-state index in [0.717, 1.165) is 11.8 Å². The molecule has 0 amide bonds. The van der Waals surface area contributed by atoms with E-state index in [0.29, 0.717) is 36.8 Å². The lowest BCUT2D eigenvalue weighted by molar-refractivity contribution is -0.127. The number of aliphatic hydroxyl groups excluding tert-OH is 2. The molecule has 0 spiro atoms. The zero-order chi connectivity index (χ0) is 22.3. The van der Waals surface area contributed by atoms with Crippen molar-refractivity contribution in [2.45, 2.75) is 56.9 Å². The van der Waals surface area contributed by atoms with E-state index in [9.17, 15) is 27.8 Å². The Balaban J connectivity index is 1.88. The fraction of sp³-hybridized carbons (Fsp3) is 0.429. The molecule has 1 saturated carbocycles. The van der Waals surface area contributed by atoms with Gasteiger partial charge in [0.2, 0.25) is 0 Å². The second kappa shape index (κ2) is 8.08. The molecule has 1 aliphatic rings. The summed E-state index contributed by atoms with van der Waals surface area (Å²) < 4.78 is 55.4. The lowest BCUT2D eigenvalue weighted by atomic mass is 9.85. The third-order valence-electron chi connectivity index (χ3n) is 5.87. The number of fused-ring (bicyclic) bond motifs is 1. The number of nitrogen functional groups attached to an aromatic ring is 1. The fourth-order valence-corrected chi connectivity index (χ4v) is 4.37. The highest BCUT2D eigenvalue weighted by Crippen LogP contribution is 2.40. The van der Waals surface area contributed by atoms with Crippen LogP contribution in [0.1, 0.15) is 48.4 Å². The lowest BCUT2D eigenvalue weighted by Gasteiger charge is -2.24. The van der Waals surface area contributed by atoms with Gasteiger partial charge < -0.3 is 15.9 Å². The molecule has 31 heavy (non-hydrogen) atoms. The molecule has 6 nitrogen and oxygen atoms in total. The van der Waals surface area contributed by atoms with Crippen molar-refractivity contribution in [1.29, 1.82) is 0 Å². The van der Waals surface area contributed by atoms with E-state index in [1.165, 1.54) is 12.4 Å². The minimum Gasteiger partial charge on any atom is -0.393 e. The summed E-state index contributed by atoms with van der Waals surface area (Å²) >= 11 is 0. The van der Waals surface area contributed by atoms with Crippen molar-refractivity contribution in [2.24, 2.45) is 0 Å². The van der Waals surface area contributed by atoms with Gasteiger partial charge in [-0.3, -0.25) is 0 Å². The first kappa shape index (κ1) is 21.5. The molecule has 1 fully saturated rings. The molecule has 4 rings (SSSR count). The van der Waals surface area contributed by atoms with Crippen LogP contribution in [-0.4, -0.2) is 37.1 Å². The molecule has 0 saturated heterocycles. The Bertz CT molecular complexity index is 1100. The molecule has 0 bridgehead atoms. The van der Waals surface area contributed by atoms with Gasteiger partial charge in [0.1, 0.15) is 17.7 Å². The molecular weight excluding hydrogens is 416 g/mol. The van der Waals surface area contributed by atoms with Crippen molar-refractivity contribution >= 4 is 11.3 Å². The van der Waals surface area contributed by atoms with Gasteiger partial charge in [-0.2, -0.15) is 18.3 Å². The van der Waals surface area contributed by atoms with Crippen LogP contribution in [0.3, 0.4) is 0 Å². The number of nitrogens with two attached hydrogens (primary N) is 1. The molecule has 4 N–H and O–H groups in total. The second-order valence-electron chi connectivity index (χ2n) is 7.94. The summed E-state index contributed by atoms with van der Waals surface area (Å²) in [6.07, 6.45) is -2.30. The number of hydrogen-bond donors (Lipinski definition) is 3. The van der Waals surface area contributed by atoms with Crippen LogP contribution in [-0.2, 0) is 13.0 Å². The molecule has 1 aliphatic carbocycles. The highest BCUT2D eigenvalue weighted by Gasteiger charge is 2.31. The van der Waals surface area contributed by atoms with Crippen LogP contribution in [0.4, 0.5) is 23.4 Å². The first-order valence-corrected chi connectivity index (χ1v) is 9.97. The Labute approximate surface area is 175 Å². The number of anilines is 1. The van der Waals surface area contributed by atoms with Crippen molar-refractivity contribution in [3.63, 3.8) is 0 Å². The van der Waals surface area contributed by atoms with Gasteiger partial charge in [-0.05, 0) is 48.9 Å². The minimum absolute atomic E-state index is 0.0650. The maximum absolute atomic E-state index is 14.7. The van der Waals surface area contributed by atoms with Crippen LogP contribution in [0.5, 0.6) is 0 Å². The molecule has 166 valence electrons. The van der Waals surface area contributed by atoms with E-state index in [1.54, 1.807) is 10.6 Å². The van der Waals surface area contributed by atoms with E-state index in [-0.39, 0.29) is 34.5 Å². The predicted octanol–water partition coefficient (Wildman–Crippen LogP) is 3.73. The van der Waals surface area contributed by atoms with Crippen LogP contribution < -0.4 is 5.73 Å². The Morgan fingerprint density at radius 1 is 1.13 bits per heavy atom. The molecule has 10 heteroatoms. The Morgan fingerprint density at radius 3 is 2.48 bits per heavy atom. The number of benzene rings is 1. The van der Waals surface area contributed by atoms with Gasteiger partial charge >= 0.3 is 6.18 Å². The summed E-state index contributed by atoms with van der Waals surface area (Å²) in [5.41, 5.74) is 7.16. The number of hydrogen-bond acceptors (Lipinski definition) is 5. The smallest absolute Gasteiger partial charge is 0.393 e. The molecule has 0 radical (unpaired) electrons. The van der Waals surface area contributed by atoms with Gasteiger partial charge in [0.05, 0.1) is 19.1 Å². The number of halogens is 4. The summed E-state index contributed by atoms with van der Waals surface area (Å²) in [4.78, 5) is 3.99. The predicted molar refractivity (Wildman–Crippen MR) is 106 cm³/mol. The van der Waals surface area contributed by atoms with Gasteiger partial charge in [0.15, 0.2) is 5.82 Å². The lowest BCUT2D eigenvalue weighted by Crippen LogP contribution is -2.18. The van der Waals surface area contributed by atoms with E-state index < -0.39 is 25.0 Å². The van der Waals surface area contributed by atoms with Crippen LogP contribution in [0, 0.1) is 5.82 Å². The van der Waals surface area contributed by atoms with E-state index >= 15 is 0 Å². The number of rotatable bonds is 4. The standard InChI is InChI=1S/C21H22F4N4O2/c22-17-6-12(5-13(16(17)9-30)8-21(23,24)25)15-7-18(11-1-3-14(31)4-2-11)29-19(15)20(26)27-10-28-29/h5-7,10-11,14,30-31H,1-4,8-9H2,(H2,26,27,28). The van der Waals surface area contributed by atoms with Crippen molar-refractivity contribution in [2.75, 3.05) is 5.73 Å². The quantitative estimate of drug-likeness (QED) is 0.540. The molecule has 3 aromatic rings. The summed E-state index contributed by atoms with van der Waals surface area (Å²) in [6.45, 7) is -0.838. The van der Waals surface area contributed by atoms with Gasteiger partial charge in [0, 0.05) is 22.7 Å². The topological polar surface area (TPSA) is 96.7 Å². The van der Waals surface area contributed by atoms with Crippen molar-refractivity contribution < 1.29 is 27.8 Å². The van der Waals surface area contributed by atoms with Gasteiger partial charge in [0.25, 0.3) is 0 Å². The number of nitrogens with zero attached hydrogens (tertiary/aromatic N) is 3. The number of aliphatic hydroxyl groups is 2. The highest BCUT2D eigenvalue weighted by molar-refractivity contribution is 5.88. The zero-order valence-electron chi connectivity index (χ0n) is 16.5. The van der Waals surface area contributed by atoms with Crippen molar-refractivity contribution in [3.05, 3.63) is 47.2 Å². The van der Waals surface area contributed by atoms with Crippen molar-refractivity contribution in [3.8, 4) is 11.1 Å². The average Bonchev–Trinajstić information content (AvgIpc) is 3.08. The first-order valence-electron chi connectivity index (χ1n) is 9.97. The number of alkyl halides is 3. The van der Waals surface area contributed by atoms with Gasteiger partial charge in [-0.25, -0.2) is 13.9 Å². The molecule has 2 heterocycles. The second-order valence-corrected chi connectivity index (χ2v) is 7.94. The van der Waals surface area contributed by atoms with Crippen LogP contribution in [0.25, 0.3) is 16.6 Å². The number of aromatic nitrogens is 3. The molecule has 2 aromatic heterocycles.